The molecular formula is C19H19Cl3N2O2. The van der Waals surface area contributed by atoms with Gasteiger partial charge in [-0.2, -0.15) is 0 Å². The zero-order chi connectivity index (χ0) is 17.4. The van der Waals surface area contributed by atoms with Crippen molar-refractivity contribution in [3.05, 3.63) is 58.1 Å². The maximum Gasteiger partial charge on any atom is 0.257 e. The summed E-state index contributed by atoms with van der Waals surface area (Å²) in [5.41, 5.74) is 0.557. The van der Waals surface area contributed by atoms with Crippen LogP contribution in [0.5, 0.6) is 11.5 Å². The van der Waals surface area contributed by atoms with E-state index in [1.54, 1.807) is 30.3 Å². The summed E-state index contributed by atoms with van der Waals surface area (Å²) in [7, 11) is 0. The number of benzene rings is 2. The predicted octanol–water partition coefficient (Wildman–Crippen LogP) is 4.50. The van der Waals surface area contributed by atoms with Crippen molar-refractivity contribution < 1.29 is 9.53 Å². The van der Waals surface area contributed by atoms with Gasteiger partial charge in [0.15, 0.2) is 0 Å². The molecule has 0 unspecified atom stereocenters. The number of nitrogens with one attached hydrogen (secondary N) is 1. The van der Waals surface area contributed by atoms with E-state index in [4.69, 9.17) is 27.9 Å². The summed E-state index contributed by atoms with van der Waals surface area (Å²) in [6.07, 6.45) is 0. The van der Waals surface area contributed by atoms with E-state index in [0.717, 1.165) is 26.2 Å². The minimum absolute atomic E-state index is 0. The lowest BCUT2D eigenvalue weighted by Gasteiger charge is -2.19. The molecule has 2 aromatic rings. The SMILES string of the molecule is Cl.O=C(c1ccccc1Oc1ccc(Cl)cc1Cl)N1C[C@H]2CNC[C@H]2C1. The summed E-state index contributed by atoms with van der Waals surface area (Å²) in [5, 5.41) is 4.34. The van der Waals surface area contributed by atoms with Gasteiger partial charge >= 0.3 is 0 Å². The minimum atomic E-state index is 0. The lowest BCUT2D eigenvalue weighted by molar-refractivity contribution is 0.0779. The predicted molar refractivity (Wildman–Crippen MR) is 106 cm³/mol. The maximum atomic E-state index is 13.0. The van der Waals surface area contributed by atoms with Gasteiger partial charge in [0.2, 0.25) is 0 Å². The van der Waals surface area contributed by atoms with Crippen LogP contribution in [0.15, 0.2) is 42.5 Å². The molecule has 2 atom stereocenters. The standard InChI is InChI=1S/C19H18Cl2N2O2.ClH/c20-14-5-6-18(16(21)7-14)25-17-4-2-1-3-15(17)19(24)23-10-12-8-22-9-13(12)11-23;/h1-7,12-13,22H,8-11H2;1H/t12-,13+;. The van der Waals surface area contributed by atoms with Gasteiger partial charge in [0.25, 0.3) is 5.91 Å². The van der Waals surface area contributed by atoms with E-state index in [1.807, 2.05) is 17.0 Å². The molecule has 7 heteroatoms. The lowest BCUT2D eigenvalue weighted by atomic mass is 10.0. The van der Waals surface area contributed by atoms with E-state index in [9.17, 15) is 4.79 Å². The van der Waals surface area contributed by atoms with Gasteiger partial charge < -0.3 is 15.0 Å². The summed E-state index contributed by atoms with van der Waals surface area (Å²) in [4.78, 5) is 14.9. The molecule has 0 saturated carbocycles. The van der Waals surface area contributed by atoms with Gasteiger partial charge in [-0.05, 0) is 42.2 Å². The van der Waals surface area contributed by atoms with Gasteiger partial charge in [0.05, 0.1) is 10.6 Å². The van der Waals surface area contributed by atoms with Crippen LogP contribution < -0.4 is 10.1 Å². The Morgan fingerprint density at radius 2 is 1.73 bits per heavy atom. The van der Waals surface area contributed by atoms with Gasteiger partial charge in [0, 0.05) is 31.2 Å². The fourth-order valence-corrected chi connectivity index (χ4v) is 4.05. The third-order valence-corrected chi connectivity index (χ3v) is 5.44. The second-order valence-corrected chi connectivity index (χ2v) is 7.41. The van der Waals surface area contributed by atoms with Crippen molar-refractivity contribution in [2.75, 3.05) is 26.2 Å². The van der Waals surface area contributed by atoms with Gasteiger partial charge in [-0.1, -0.05) is 35.3 Å². The molecule has 0 aromatic heterocycles. The molecule has 26 heavy (non-hydrogen) atoms. The van der Waals surface area contributed by atoms with Crippen molar-refractivity contribution >= 4 is 41.5 Å². The summed E-state index contributed by atoms with van der Waals surface area (Å²) in [6, 6.07) is 12.3. The molecule has 0 spiro atoms. The summed E-state index contributed by atoms with van der Waals surface area (Å²) in [6.45, 7) is 3.58. The molecule has 2 fully saturated rings. The number of rotatable bonds is 3. The number of ether oxygens (including phenoxy) is 1. The number of likely N-dealkylation sites (tertiary alicyclic amines) is 1. The third kappa shape index (κ3) is 3.79. The Labute approximate surface area is 168 Å². The van der Waals surface area contributed by atoms with Crippen LogP contribution >= 0.6 is 35.6 Å². The van der Waals surface area contributed by atoms with E-state index in [0.29, 0.717) is 38.9 Å². The molecule has 4 nitrogen and oxygen atoms in total. The molecule has 1 amide bonds. The number of carbonyl (C=O) groups is 1. The summed E-state index contributed by atoms with van der Waals surface area (Å²) in [5.74, 6) is 2.11. The molecule has 0 bridgehead atoms. The average molecular weight is 414 g/mol. The van der Waals surface area contributed by atoms with Gasteiger partial charge in [-0.25, -0.2) is 0 Å². The van der Waals surface area contributed by atoms with Crippen LogP contribution in [0.25, 0.3) is 0 Å². The molecular weight excluding hydrogens is 395 g/mol. The molecule has 2 heterocycles. The number of hydrogen-bond donors (Lipinski definition) is 1. The van der Waals surface area contributed by atoms with E-state index < -0.39 is 0 Å². The second-order valence-electron chi connectivity index (χ2n) is 6.56. The first kappa shape index (κ1) is 19.3. The van der Waals surface area contributed by atoms with Gasteiger partial charge in [-0.3, -0.25) is 4.79 Å². The first-order valence-electron chi connectivity index (χ1n) is 8.34. The molecule has 138 valence electrons. The number of halogens is 3. The Balaban J connectivity index is 0.00000196. The molecule has 2 saturated heterocycles. The largest absolute Gasteiger partial charge is 0.455 e. The van der Waals surface area contributed by atoms with E-state index in [-0.39, 0.29) is 18.3 Å². The van der Waals surface area contributed by atoms with Crippen molar-refractivity contribution in [1.82, 2.24) is 10.2 Å². The quantitative estimate of drug-likeness (QED) is 0.805. The monoisotopic (exact) mass is 412 g/mol. The van der Waals surface area contributed by atoms with Crippen LogP contribution in [0.3, 0.4) is 0 Å². The Hall–Kier alpha value is -1.46. The van der Waals surface area contributed by atoms with Crippen LogP contribution in [0, 0.1) is 11.8 Å². The van der Waals surface area contributed by atoms with Crippen molar-refractivity contribution in [2.45, 2.75) is 0 Å². The zero-order valence-electron chi connectivity index (χ0n) is 14.0. The highest BCUT2D eigenvalue weighted by Crippen LogP contribution is 2.34. The molecule has 4 rings (SSSR count). The Kier molecular flexibility index (Phi) is 5.98. The molecule has 0 aliphatic carbocycles. The number of nitrogens with zero attached hydrogens (tertiary/aromatic N) is 1. The fourth-order valence-electron chi connectivity index (χ4n) is 3.60. The van der Waals surface area contributed by atoms with Crippen molar-refractivity contribution in [1.29, 1.82) is 0 Å². The van der Waals surface area contributed by atoms with Crippen LogP contribution in [0.4, 0.5) is 0 Å². The highest BCUT2D eigenvalue weighted by molar-refractivity contribution is 6.35. The second kappa shape index (κ2) is 8.05. The van der Waals surface area contributed by atoms with E-state index in [2.05, 4.69) is 5.32 Å². The first-order valence-corrected chi connectivity index (χ1v) is 9.09. The average Bonchev–Trinajstić information content (AvgIpc) is 3.19. The smallest absolute Gasteiger partial charge is 0.257 e. The summed E-state index contributed by atoms with van der Waals surface area (Å²) >= 11 is 12.1. The lowest BCUT2D eigenvalue weighted by Crippen LogP contribution is -2.32. The molecule has 2 aliphatic rings. The van der Waals surface area contributed by atoms with Crippen LogP contribution in [0.2, 0.25) is 10.0 Å². The Bertz CT molecular complexity index is 803. The highest BCUT2D eigenvalue weighted by Gasteiger charge is 2.38. The van der Waals surface area contributed by atoms with Gasteiger partial charge in [-0.15, -0.1) is 12.4 Å². The number of hydrogen-bond acceptors (Lipinski definition) is 3. The summed E-state index contributed by atoms with van der Waals surface area (Å²) < 4.78 is 5.92. The number of amides is 1. The normalized spacial score (nSPS) is 21.2. The third-order valence-electron chi connectivity index (χ3n) is 4.91. The zero-order valence-corrected chi connectivity index (χ0v) is 16.3. The van der Waals surface area contributed by atoms with Crippen molar-refractivity contribution in [3.63, 3.8) is 0 Å². The molecule has 2 aliphatic heterocycles. The van der Waals surface area contributed by atoms with E-state index in [1.165, 1.54) is 0 Å². The van der Waals surface area contributed by atoms with Crippen molar-refractivity contribution in [3.8, 4) is 11.5 Å². The fraction of sp³-hybridized carbons (Fsp3) is 0.316. The number of carbonyl (C=O) groups excluding carboxylic acids is 1. The van der Waals surface area contributed by atoms with Gasteiger partial charge in [0.1, 0.15) is 11.5 Å². The maximum absolute atomic E-state index is 13.0. The Morgan fingerprint density at radius 3 is 2.42 bits per heavy atom. The number of fused-ring (bicyclic) bond motifs is 1. The first-order chi connectivity index (χ1) is 12.1. The van der Waals surface area contributed by atoms with Crippen LogP contribution in [-0.2, 0) is 0 Å². The Morgan fingerprint density at radius 1 is 1.04 bits per heavy atom. The van der Waals surface area contributed by atoms with Crippen molar-refractivity contribution in [2.24, 2.45) is 11.8 Å². The topological polar surface area (TPSA) is 41.6 Å². The van der Waals surface area contributed by atoms with Crippen LogP contribution in [-0.4, -0.2) is 37.0 Å². The highest BCUT2D eigenvalue weighted by atomic mass is 35.5. The molecule has 0 radical (unpaired) electrons. The van der Waals surface area contributed by atoms with Crippen LogP contribution in [0.1, 0.15) is 10.4 Å². The molecule has 2 aromatic carbocycles. The minimum Gasteiger partial charge on any atom is -0.455 e. The number of para-hydroxylation sites is 1. The van der Waals surface area contributed by atoms with E-state index >= 15 is 0 Å². The molecule has 1 N–H and O–H groups in total.